The largest absolute Gasteiger partial charge is 0.383 e. The molecule has 2 saturated heterocycles. The number of ether oxygens (including phenoxy) is 1. The highest BCUT2D eigenvalue weighted by Gasteiger charge is 2.47. The van der Waals surface area contributed by atoms with Crippen LogP contribution in [0, 0.1) is 0 Å². The summed E-state index contributed by atoms with van der Waals surface area (Å²) in [5.41, 5.74) is 0. The molecule has 2 atom stereocenters. The van der Waals surface area contributed by atoms with Crippen LogP contribution in [0.3, 0.4) is 0 Å². The van der Waals surface area contributed by atoms with Crippen molar-refractivity contribution in [2.45, 2.75) is 18.5 Å². The summed E-state index contributed by atoms with van der Waals surface area (Å²) in [5, 5.41) is 0. The van der Waals surface area contributed by atoms with E-state index >= 15 is 0 Å². The maximum atomic E-state index is 11.8. The van der Waals surface area contributed by atoms with E-state index in [-0.39, 0.29) is 24.5 Å². The van der Waals surface area contributed by atoms with Crippen molar-refractivity contribution in [3.8, 4) is 0 Å². The average Bonchev–Trinajstić information content (AvgIpc) is 2.11. The first-order valence-electron chi connectivity index (χ1n) is 5.18. The smallest absolute Gasteiger partial charge is 0.238 e. The maximum Gasteiger partial charge on any atom is 0.238 e. The van der Waals surface area contributed by atoms with E-state index < -0.39 is 10.0 Å². The lowest BCUT2D eigenvalue weighted by atomic mass is 9.91. The van der Waals surface area contributed by atoms with Crippen LogP contribution in [-0.2, 0) is 19.6 Å². The molecule has 7 heteroatoms. The summed E-state index contributed by atoms with van der Waals surface area (Å²) in [4.78, 5) is 13.5. The van der Waals surface area contributed by atoms with Gasteiger partial charge in [-0.3, -0.25) is 4.79 Å². The van der Waals surface area contributed by atoms with Crippen molar-refractivity contribution < 1.29 is 17.9 Å². The minimum atomic E-state index is -3.26. The number of amides is 1. The minimum absolute atomic E-state index is 0.0322. The zero-order valence-corrected chi connectivity index (χ0v) is 10.2. The molecule has 2 fully saturated rings. The molecule has 0 N–H and O–H groups in total. The van der Waals surface area contributed by atoms with Gasteiger partial charge in [0.2, 0.25) is 15.9 Å². The van der Waals surface area contributed by atoms with Crippen LogP contribution in [-0.4, -0.2) is 68.7 Å². The van der Waals surface area contributed by atoms with Gasteiger partial charge in [-0.25, -0.2) is 8.42 Å². The van der Waals surface area contributed by atoms with E-state index in [1.54, 1.807) is 12.0 Å². The van der Waals surface area contributed by atoms with E-state index in [2.05, 4.69) is 0 Å². The number of carbonyl (C=O) groups excluding carboxylic acids is 1. The van der Waals surface area contributed by atoms with Crippen LogP contribution in [0.5, 0.6) is 0 Å². The van der Waals surface area contributed by atoms with Crippen molar-refractivity contribution in [3.05, 3.63) is 0 Å². The molecule has 92 valence electrons. The first-order valence-corrected chi connectivity index (χ1v) is 7.03. The molecule has 2 heterocycles. The Hall–Kier alpha value is -0.660. The van der Waals surface area contributed by atoms with Gasteiger partial charge in [0.25, 0.3) is 0 Å². The quantitative estimate of drug-likeness (QED) is 0.634. The number of hydrogen-bond acceptors (Lipinski definition) is 4. The molecule has 0 aromatic rings. The molecule has 0 radical (unpaired) electrons. The monoisotopic (exact) mass is 248 g/mol. The van der Waals surface area contributed by atoms with Gasteiger partial charge in [0.15, 0.2) is 0 Å². The van der Waals surface area contributed by atoms with Gasteiger partial charge in [-0.15, -0.1) is 0 Å². The standard InChI is InChI=1S/C9H16N2O4S/c1-15-6-8-3-7-4-10(16(2,13)14)5-9(12)11(7)8/h7-8H,3-6H2,1-2H3/t7-,8+/m1/s1. The van der Waals surface area contributed by atoms with E-state index in [9.17, 15) is 13.2 Å². The third kappa shape index (κ3) is 1.94. The second-order valence-corrected chi connectivity index (χ2v) is 6.34. The van der Waals surface area contributed by atoms with Gasteiger partial charge in [0, 0.05) is 19.7 Å². The fraction of sp³-hybridized carbons (Fsp3) is 0.889. The Bertz CT molecular complexity index is 394. The lowest BCUT2D eigenvalue weighted by Crippen LogP contribution is -2.69. The molecular formula is C9H16N2O4S. The molecule has 6 nitrogen and oxygen atoms in total. The highest BCUT2D eigenvalue weighted by atomic mass is 32.2. The number of rotatable bonds is 3. The molecule has 1 amide bonds. The molecular weight excluding hydrogens is 232 g/mol. The van der Waals surface area contributed by atoms with E-state index in [0.717, 1.165) is 12.7 Å². The molecule has 2 aliphatic rings. The van der Waals surface area contributed by atoms with Gasteiger partial charge in [0.1, 0.15) is 0 Å². The molecule has 0 aromatic carbocycles. The fourth-order valence-corrected chi connectivity index (χ4v) is 3.18. The van der Waals surface area contributed by atoms with E-state index in [4.69, 9.17) is 4.74 Å². The summed E-state index contributed by atoms with van der Waals surface area (Å²) in [6, 6.07) is 0.167. The normalized spacial score (nSPS) is 31.1. The number of methoxy groups -OCH3 is 1. The molecule has 0 bridgehead atoms. The zero-order valence-electron chi connectivity index (χ0n) is 9.42. The van der Waals surface area contributed by atoms with Crippen LogP contribution in [0.1, 0.15) is 6.42 Å². The van der Waals surface area contributed by atoms with Crippen molar-refractivity contribution in [1.82, 2.24) is 9.21 Å². The first kappa shape index (κ1) is 11.8. The molecule has 16 heavy (non-hydrogen) atoms. The Kier molecular flexibility index (Phi) is 2.93. The predicted octanol–water partition coefficient (Wildman–Crippen LogP) is -1.12. The molecule has 0 aromatic heterocycles. The second-order valence-electron chi connectivity index (χ2n) is 4.36. The molecule has 0 aliphatic carbocycles. The van der Waals surface area contributed by atoms with E-state index in [0.29, 0.717) is 13.2 Å². The Morgan fingerprint density at radius 3 is 2.69 bits per heavy atom. The zero-order chi connectivity index (χ0) is 11.9. The highest BCUT2D eigenvalue weighted by Crippen LogP contribution is 2.30. The summed E-state index contributed by atoms with van der Waals surface area (Å²) in [6.07, 6.45) is 1.97. The summed E-state index contributed by atoms with van der Waals surface area (Å²) in [6.45, 7) is 0.918. The maximum absolute atomic E-state index is 11.8. The predicted molar refractivity (Wildman–Crippen MR) is 57.3 cm³/mol. The van der Waals surface area contributed by atoms with Crippen molar-refractivity contribution in [3.63, 3.8) is 0 Å². The number of hydrogen-bond donors (Lipinski definition) is 0. The highest BCUT2D eigenvalue weighted by molar-refractivity contribution is 7.88. The van der Waals surface area contributed by atoms with Gasteiger partial charge in [0.05, 0.1) is 25.4 Å². The van der Waals surface area contributed by atoms with Crippen LogP contribution in [0.4, 0.5) is 0 Å². The van der Waals surface area contributed by atoms with Crippen LogP contribution in [0.2, 0.25) is 0 Å². The van der Waals surface area contributed by atoms with Crippen LogP contribution < -0.4 is 0 Å². The molecule has 0 saturated carbocycles. The molecule has 0 spiro atoms. The lowest BCUT2D eigenvalue weighted by molar-refractivity contribution is -0.154. The SMILES string of the molecule is COC[C@@H]1C[C@@H]2CN(S(C)(=O)=O)CC(=O)N12. The van der Waals surface area contributed by atoms with Crippen molar-refractivity contribution in [2.75, 3.05) is 33.1 Å². The summed E-state index contributed by atoms with van der Waals surface area (Å²) >= 11 is 0. The summed E-state index contributed by atoms with van der Waals surface area (Å²) in [7, 11) is -1.65. The molecule has 0 unspecified atom stereocenters. The number of carbonyl (C=O) groups is 1. The molecule has 2 aliphatic heterocycles. The van der Waals surface area contributed by atoms with Gasteiger partial charge in [-0.05, 0) is 6.42 Å². The number of fused-ring (bicyclic) bond motifs is 1. The molecule has 2 rings (SSSR count). The third-order valence-electron chi connectivity index (χ3n) is 3.17. The minimum Gasteiger partial charge on any atom is -0.383 e. The van der Waals surface area contributed by atoms with Gasteiger partial charge < -0.3 is 9.64 Å². The van der Waals surface area contributed by atoms with Crippen molar-refractivity contribution >= 4 is 15.9 Å². The number of sulfonamides is 1. The Balaban J connectivity index is 2.04. The first-order chi connectivity index (χ1) is 7.43. The van der Waals surface area contributed by atoms with Crippen molar-refractivity contribution in [2.24, 2.45) is 0 Å². The van der Waals surface area contributed by atoms with E-state index in [1.165, 1.54) is 4.31 Å². The van der Waals surface area contributed by atoms with Crippen LogP contribution in [0.15, 0.2) is 0 Å². The Morgan fingerprint density at radius 1 is 1.50 bits per heavy atom. The fourth-order valence-electron chi connectivity index (χ4n) is 2.40. The van der Waals surface area contributed by atoms with Gasteiger partial charge in [-0.2, -0.15) is 4.31 Å². The average molecular weight is 248 g/mol. The number of piperazine rings is 1. The summed E-state index contributed by atoms with van der Waals surface area (Å²) < 4.78 is 29.0. The second kappa shape index (κ2) is 3.97. The van der Waals surface area contributed by atoms with Gasteiger partial charge in [-0.1, -0.05) is 0 Å². The number of nitrogens with zero attached hydrogens (tertiary/aromatic N) is 2. The Labute approximate surface area is 95.2 Å². The van der Waals surface area contributed by atoms with Crippen LogP contribution in [0.25, 0.3) is 0 Å². The van der Waals surface area contributed by atoms with Crippen LogP contribution >= 0.6 is 0 Å². The topological polar surface area (TPSA) is 66.9 Å². The van der Waals surface area contributed by atoms with Gasteiger partial charge >= 0.3 is 0 Å². The third-order valence-corrected chi connectivity index (χ3v) is 4.39. The van der Waals surface area contributed by atoms with Crippen molar-refractivity contribution in [1.29, 1.82) is 0 Å². The Morgan fingerprint density at radius 2 is 2.19 bits per heavy atom. The summed E-state index contributed by atoms with van der Waals surface area (Å²) in [5.74, 6) is -0.116. The van der Waals surface area contributed by atoms with E-state index in [1.807, 2.05) is 0 Å². The lowest BCUT2D eigenvalue weighted by Gasteiger charge is -2.52.